The SMILES string of the molecule is NCC(=CF)Cn1ncc2c1CCN(C1CC1)C2=O. The predicted molar refractivity (Wildman–Crippen MR) is 68.2 cm³/mol. The van der Waals surface area contributed by atoms with E-state index in [0.29, 0.717) is 30.1 Å². The quantitative estimate of drug-likeness (QED) is 0.877. The van der Waals surface area contributed by atoms with Crippen molar-refractivity contribution >= 4 is 5.91 Å². The molecular formula is C13H17FN4O. The van der Waals surface area contributed by atoms with Crippen LogP contribution in [0, 0.1) is 0 Å². The van der Waals surface area contributed by atoms with Crippen molar-refractivity contribution in [2.45, 2.75) is 31.8 Å². The third-order valence-corrected chi connectivity index (χ3v) is 3.79. The Labute approximate surface area is 110 Å². The van der Waals surface area contributed by atoms with Crippen LogP contribution in [-0.4, -0.2) is 39.7 Å². The first-order valence-electron chi connectivity index (χ1n) is 6.58. The third-order valence-electron chi connectivity index (χ3n) is 3.79. The maximum atomic E-state index is 12.6. The maximum Gasteiger partial charge on any atom is 0.257 e. The van der Waals surface area contributed by atoms with Gasteiger partial charge in [0, 0.05) is 25.6 Å². The number of nitrogens with two attached hydrogens (primary N) is 1. The first kappa shape index (κ1) is 12.3. The van der Waals surface area contributed by atoms with E-state index < -0.39 is 0 Å². The Bertz CT molecular complexity index is 533. The average molecular weight is 264 g/mol. The molecule has 1 fully saturated rings. The number of hydrogen-bond donors (Lipinski definition) is 1. The van der Waals surface area contributed by atoms with Gasteiger partial charge in [0.05, 0.1) is 30.3 Å². The van der Waals surface area contributed by atoms with Crippen molar-refractivity contribution in [1.29, 1.82) is 0 Å². The lowest BCUT2D eigenvalue weighted by Crippen LogP contribution is -2.39. The highest BCUT2D eigenvalue weighted by molar-refractivity contribution is 5.96. The van der Waals surface area contributed by atoms with Crippen LogP contribution in [0.2, 0.25) is 0 Å². The topological polar surface area (TPSA) is 64.2 Å². The lowest BCUT2D eigenvalue weighted by atomic mass is 10.1. The summed E-state index contributed by atoms with van der Waals surface area (Å²) in [4.78, 5) is 14.2. The number of carbonyl (C=O) groups excluding carboxylic acids is 1. The molecule has 0 unspecified atom stereocenters. The summed E-state index contributed by atoms with van der Waals surface area (Å²) in [5.74, 6) is 0.0635. The lowest BCUT2D eigenvalue weighted by Gasteiger charge is -2.27. The zero-order valence-electron chi connectivity index (χ0n) is 10.7. The van der Waals surface area contributed by atoms with Gasteiger partial charge in [-0.3, -0.25) is 9.48 Å². The van der Waals surface area contributed by atoms with Crippen LogP contribution in [0.5, 0.6) is 0 Å². The molecular weight excluding hydrogens is 247 g/mol. The van der Waals surface area contributed by atoms with Gasteiger partial charge in [-0.25, -0.2) is 4.39 Å². The minimum Gasteiger partial charge on any atom is -0.335 e. The number of nitrogens with zero attached hydrogens (tertiary/aromatic N) is 3. The van der Waals surface area contributed by atoms with Gasteiger partial charge >= 0.3 is 0 Å². The summed E-state index contributed by atoms with van der Waals surface area (Å²) in [7, 11) is 0. The Kier molecular flexibility index (Phi) is 3.10. The van der Waals surface area contributed by atoms with E-state index in [1.807, 2.05) is 4.90 Å². The fraction of sp³-hybridized carbons (Fsp3) is 0.538. The summed E-state index contributed by atoms with van der Waals surface area (Å²) >= 11 is 0. The van der Waals surface area contributed by atoms with Gasteiger partial charge in [-0.2, -0.15) is 5.10 Å². The van der Waals surface area contributed by atoms with Crippen molar-refractivity contribution in [1.82, 2.24) is 14.7 Å². The average Bonchev–Trinajstić information content (AvgIpc) is 3.18. The van der Waals surface area contributed by atoms with Crippen LogP contribution in [-0.2, 0) is 13.0 Å². The van der Waals surface area contributed by atoms with Crippen LogP contribution in [0.1, 0.15) is 28.9 Å². The van der Waals surface area contributed by atoms with Crippen molar-refractivity contribution in [2.24, 2.45) is 5.73 Å². The van der Waals surface area contributed by atoms with E-state index in [2.05, 4.69) is 5.10 Å². The number of fused-ring (bicyclic) bond motifs is 1. The van der Waals surface area contributed by atoms with Crippen LogP contribution in [0.4, 0.5) is 4.39 Å². The van der Waals surface area contributed by atoms with E-state index in [1.165, 1.54) is 0 Å². The summed E-state index contributed by atoms with van der Waals surface area (Å²) < 4.78 is 14.3. The van der Waals surface area contributed by atoms with Gasteiger partial charge in [0.2, 0.25) is 0 Å². The van der Waals surface area contributed by atoms with Gasteiger partial charge in [-0.05, 0) is 18.4 Å². The molecule has 1 saturated carbocycles. The smallest absolute Gasteiger partial charge is 0.257 e. The van der Waals surface area contributed by atoms with Crippen molar-refractivity contribution in [3.8, 4) is 0 Å². The van der Waals surface area contributed by atoms with Gasteiger partial charge in [-0.1, -0.05) is 0 Å². The second-order valence-electron chi connectivity index (χ2n) is 5.11. The van der Waals surface area contributed by atoms with E-state index in [0.717, 1.165) is 31.5 Å². The van der Waals surface area contributed by atoms with Crippen LogP contribution >= 0.6 is 0 Å². The molecule has 5 nitrogen and oxygen atoms in total. The zero-order valence-corrected chi connectivity index (χ0v) is 10.7. The van der Waals surface area contributed by atoms with Gasteiger partial charge < -0.3 is 10.6 Å². The molecule has 3 rings (SSSR count). The largest absolute Gasteiger partial charge is 0.335 e. The number of hydrogen-bond acceptors (Lipinski definition) is 3. The fourth-order valence-electron chi connectivity index (χ4n) is 2.54. The highest BCUT2D eigenvalue weighted by Gasteiger charge is 2.37. The summed E-state index contributed by atoms with van der Waals surface area (Å²) in [6.45, 7) is 1.21. The summed E-state index contributed by atoms with van der Waals surface area (Å²) in [5, 5.41) is 4.20. The van der Waals surface area contributed by atoms with Crippen molar-refractivity contribution in [2.75, 3.05) is 13.1 Å². The Morgan fingerprint density at radius 2 is 2.37 bits per heavy atom. The normalized spacial score (nSPS) is 19.8. The van der Waals surface area contributed by atoms with Gasteiger partial charge in [0.15, 0.2) is 0 Å². The summed E-state index contributed by atoms with van der Waals surface area (Å²) in [6, 6.07) is 0.425. The summed E-state index contributed by atoms with van der Waals surface area (Å²) in [5.41, 5.74) is 7.48. The first-order valence-corrected chi connectivity index (χ1v) is 6.58. The number of rotatable bonds is 4. The van der Waals surface area contributed by atoms with Gasteiger partial charge in [0.25, 0.3) is 5.91 Å². The number of amides is 1. The number of carbonyl (C=O) groups is 1. The molecule has 1 aromatic rings. The third kappa shape index (κ3) is 2.16. The fourth-order valence-corrected chi connectivity index (χ4v) is 2.54. The van der Waals surface area contributed by atoms with Gasteiger partial charge in [0.1, 0.15) is 0 Å². The van der Waals surface area contributed by atoms with E-state index in [9.17, 15) is 9.18 Å². The molecule has 1 amide bonds. The minimum atomic E-state index is 0.0635. The van der Waals surface area contributed by atoms with Gasteiger partial charge in [-0.15, -0.1) is 0 Å². The van der Waals surface area contributed by atoms with E-state index in [1.54, 1.807) is 10.9 Å². The number of aromatic nitrogens is 2. The molecule has 2 N–H and O–H groups in total. The van der Waals surface area contributed by atoms with Crippen LogP contribution in [0.3, 0.4) is 0 Å². The highest BCUT2D eigenvalue weighted by atomic mass is 19.1. The molecule has 0 aromatic carbocycles. The standard InChI is InChI=1S/C13H17FN4O/c14-5-9(6-15)8-18-12-3-4-17(10-1-2-10)13(19)11(12)7-16-18/h5,7,10H,1-4,6,8,15H2. The van der Waals surface area contributed by atoms with Crippen LogP contribution < -0.4 is 5.73 Å². The van der Waals surface area contributed by atoms with E-state index in [-0.39, 0.29) is 12.5 Å². The molecule has 19 heavy (non-hydrogen) atoms. The monoisotopic (exact) mass is 264 g/mol. The zero-order chi connectivity index (χ0) is 13.4. The Hall–Kier alpha value is -1.69. The molecule has 1 aliphatic carbocycles. The minimum absolute atomic E-state index is 0.0635. The maximum absolute atomic E-state index is 12.6. The highest BCUT2D eigenvalue weighted by Crippen LogP contribution is 2.31. The molecule has 102 valence electrons. The predicted octanol–water partition coefficient (Wildman–Crippen LogP) is 0.856. The Morgan fingerprint density at radius 1 is 1.58 bits per heavy atom. The Balaban J connectivity index is 1.84. The molecule has 0 atom stereocenters. The molecule has 0 radical (unpaired) electrons. The van der Waals surface area contributed by atoms with E-state index >= 15 is 0 Å². The van der Waals surface area contributed by atoms with E-state index in [4.69, 9.17) is 5.73 Å². The second-order valence-corrected chi connectivity index (χ2v) is 5.11. The molecule has 0 bridgehead atoms. The van der Waals surface area contributed by atoms with Crippen LogP contribution in [0.15, 0.2) is 18.1 Å². The molecule has 2 heterocycles. The molecule has 0 saturated heterocycles. The first-order chi connectivity index (χ1) is 9.24. The van der Waals surface area contributed by atoms with Crippen molar-refractivity contribution < 1.29 is 9.18 Å². The van der Waals surface area contributed by atoms with Crippen LogP contribution in [0.25, 0.3) is 0 Å². The number of halogens is 1. The lowest BCUT2D eigenvalue weighted by molar-refractivity contribution is 0.0725. The molecule has 2 aliphatic rings. The second kappa shape index (κ2) is 4.77. The molecule has 6 heteroatoms. The molecule has 0 spiro atoms. The van der Waals surface area contributed by atoms with Crippen molar-refractivity contribution in [3.63, 3.8) is 0 Å². The molecule has 1 aromatic heterocycles. The Morgan fingerprint density at radius 3 is 3.00 bits per heavy atom. The van der Waals surface area contributed by atoms with Crippen molar-refractivity contribution in [3.05, 3.63) is 29.4 Å². The summed E-state index contributed by atoms with van der Waals surface area (Å²) in [6.07, 6.45) is 5.11. The molecule has 1 aliphatic heterocycles.